The molecule has 0 bridgehead atoms. The van der Waals surface area contributed by atoms with E-state index in [2.05, 4.69) is 56.6 Å². The second-order valence-corrected chi connectivity index (χ2v) is 8.65. The zero-order chi connectivity index (χ0) is 14.8. The van der Waals surface area contributed by atoms with Crippen LogP contribution in [0, 0.1) is 0 Å². The van der Waals surface area contributed by atoms with Gasteiger partial charge in [0.05, 0.1) is 5.69 Å². The molecule has 0 aliphatic carbocycles. The monoisotopic (exact) mass is 313 g/mol. The molecule has 20 heavy (non-hydrogen) atoms. The molecule has 1 aliphatic rings. The molecule has 1 fully saturated rings. The van der Waals surface area contributed by atoms with E-state index in [1.165, 1.54) is 27.2 Å². The lowest BCUT2D eigenvalue weighted by molar-refractivity contribution is 0.425. The highest BCUT2D eigenvalue weighted by atomic mass is 32.2. The highest BCUT2D eigenvalue weighted by Crippen LogP contribution is 2.31. The van der Waals surface area contributed by atoms with Gasteiger partial charge in [-0.1, -0.05) is 6.92 Å². The molecule has 1 atom stereocenters. The van der Waals surface area contributed by atoms with Gasteiger partial charge >= 0.3 is 0 Å². The lowest BCUT2D eigenvalue weighted by atomic mass is 10.1. The summed E-state index contributed by atoms with van der Waals surface area (Å²) in [6, 6.07) is 0.605. The van der Waals surface area contributed by atoms with E-state index in [0.717, 1.165) is 19.5 Å². The zero-order valence-electron chi connectivity index (χ0n) is 13.3. The van der Waals surface area contributed by atoms with Crippen molar-refractivity contribution < 1.29 is 0 Å². The summed E-state index contributed by atoms with van der Waals surface area (Å²) in [5.41, 5.74) is 1.43. The molecule has 114 valence electrons. The van der Waals surface area contributed by atoms with Crippen molar-refractivity contribution in [2.24, 2.45) is 0 Å². The number of hydrogen-bond donors (Lipinski definition) is 1. The maximum Gasteiger partial charge on any atom is 0.186 e. The number of anilines is 1. The van der Waals surface area contributed by atoms with Crippen LogP contribution in [0.4, 0.5) is 5.13 Å². The average molecular weight is 314 g/mol. The fraction of sp³-hybridized carbons (Fsp3) is 0.800. The highest BCUT2D eigenvalue weighted by molar-refractivity contribution is 7.99. The third-order valence-corrected chi connectivity index (χ3v) is 5.82. The van der Waals surface area contributed by atoms with Crippen molar-refractivity contribution >= 4 is 28.2 Å². The maximum absolute atomic E-state index is 4.90. The van der Waals surface area contributed by atoms with Crippen LogP contribution in [0.1, 0.15) is 45.2 Å². The summed E-state index contributed by atoms with van der Waals surface area (Å²) < 4.78 is 0. The second-order valence-electron chi connectivity index (χ2n) is 6.44. The molecular formula is C15H27N3S2. The van der Waals surface area contributed by atoms with E-state index in [4.69, 9.17) is 4.98 Å². The van der Waals surface area contributed by atoms with E-state index in [0.29, 0.717) is 6.04 Å². The minimum absolute atomic E-state index is 0.157. The topological polar surface area (TPSA) is 28.2 Å². The molecule has 1 aromatic rings. The molecule has 3 nitrogen and oxygen atoms in total. The Morgan fingerprint density at radius 1 is 1.40 bits per heavy atom. The van der Waals surface area contributed by atoms with Crippen molar-refractivity contribution in [1.29, 1.82) is 0 Å². The molecule has 0 aromatic carbocycles. The summed E-state index contributed by atoms with van der Waals surface area (Å²) in [5, 5.41) is 4.81. The average Bonchev–Trinajstić information content (AvgIpc) is 2.79. The van der Waals surface area contributed by atoms with Gasteiger partial charge in [-0.15, -0.1) is 11.3 Å². The first kappa shape index (κ1) is 16.1. The Bertz CT molecular complexity index is 437. The summed E-state index contributed by atoms with van der Waals surface area (Å²) in [7, 11) is 0. The van der Waals surface area contributed by atoms with Gasteiger partial charge < -0.3 is 10.2 Å². The van der Waals surface area contributed by atoms with Crippen LogP contribution in [0.2, 0.25) is 0 Å². The minimum atomic E-state index is 0.157. The molecule has 1 saturated heterocycles. The Kier molecular flexibility index (Phi) is 5.37. The van der Waals surface area contributed by atoms with Gasteiger partial charge in [-0.3, -0.25) is 0 Å². The fourth-order valence-electron chi connectivity index (χ4n) is 2.26. The van der Waals surface area contributed by atoms with Gasteiger partial charge in [-0.05, 0) is 34.1 Å². The Morgan fingerprint density at radius 3 is 2.75 bits per heavy atom. The third-order valence-electron chi connectivity index (χ3n) is 3.49. The van der Waals surface area contributed by atoms with E-state index in [1.807, 2.05) is 11.3 Å². The lowest BCUT2D eigenvalue weighted by Crippen LogP contribution is -2.40. The molecule has 1 N–H and O–H groups in total. The van der Waals surface area contributed by atoms with Gasteiger partial charge in [-0.25, -0.2) is 4.98 Å². The largest absolute Gasteiger partial charge is 0.344 e. The quantitative estimate of drug-likeness (QED) is 0.920. The van der Waals surface area contributed by atoms with Crippen LogP contribution in [0.3, 0.4) is 0 Å². The molecular weight excluding hydrogens is 286 g/mol. The highest BCUT2D eigenvalue weighted by Gasteiger charge is 2.23. The van der Waals surface area contributed by atoms with Crippen molar-refractivity contribution in [2.45, 2.75) is 59.2 Å². The molecule has 1 aliphatic heterocycles. The first-order chi connectivity index (χ1) is 9.40. The van der Waals surface area contributed by atoms with E-state index in [1.54, 1.807) is 0 Å². The first-order valence-electron chi connectivity index (χ1n) is 7.48. The van der Waals surface area contributed by atoms with E-state index < -0.39 is 0 Å². The summed E-state index contributed by atoms with van der Waals surface area (Å²) in [6.07, 6.45) is 1.02. The van der Waals surface area contributed by atoms with Crippen LogP contribution in [-0.4, -0.2) is 34.6 Å². The SMILES string of the molecule is CCc1nc(N2CCSCC2C)sc1CNC(C)(C)C. The summed E-state index contributed by atoms with van der Waals surface area (Å²) in [4.78, 5) is 8.79. The molecule has 1 aromatic heterocycles. The molecule has 0 amide bonds. The number of thiazole rings is 1. The number of aryl methyl sites for hydroxylation is 1. The van der Waals surface area contributed by atoms with Gasteiger partial charge in [-0.2, -0.15) is 11.8 Å². The van der Waals surface area contributed by atoms with Crippen molar-refractivity contribution in [3.05, 3.63) is 10.6 Å². The van der Waals surface area contributed by atoms with Crippen LogP contribution in [-0.2, 0) is 13.0 Å². The standard InChI is InChI=1S/C15H27N3S2/c1-6-12-13(9-16-15(3,4)5)20-14(17-12)18-7-8-19-10-11(18)2/h11,16H,6-10H2,1-5H3. The molecule has 1 unspecified atom stereocenters. The predicted octanol–water partition coefficient (Wildman–Crippen LogP) is 3.54. The van der Waals surface area contributed by atoms with Crippen molar-refractivity contribution in [1.82, 2.24) is 10.3 Å². The molecule has 2 heterocycles. The first-order valence-corrected chi connectivity index (χ1v) is 9.46. The van der Waals surface area contributed by atoms with E-state index in [9.17, 15) is 0 Å². The Morgan fingerprint density at radius 2 is 2.15 bits per heavy atom. The summed E-state index contributed by atoms with van der Waals surface area (Å²) in [6.45, 7) is 13.2. The zero-order valence-corrected chi connectivity index (χ0v) is 15.0. The lowest BCUT2D eigenvalue weighted by Gasteiger charge is -2.32. The number of aromatic nitrogens is 1. The van der Waals surface area contributed by atoms with Gasteiger partial charge in [0, 0.05) is 41.1 Å². The maximum atomic E-state index is 4.90. The molecule has 0 radical (unpaired) electrons. The van der Waals surface area contributed by atoms with E-state index >= 15 is 0 Å². The fourth-order valence-corrected chi connectivity index (χ4v) is 4.49. The van der Waals surface area contributed by atoms with Gasteiger partial charge in [0.1, 0.15) is 0 Å². The number of thioether (sulfide) groups is 1. The number of nitrogens with one attached hydrogen (secondary N) is 1. The number of nitrogens with zero attached hydrogens (tertiary/aromatic N) is 2. The Balaban J connectivity index is 2.13. The summed E-state index contributed by atoms with van der Waals surface area (Å²) >= 11 is 3.93. The number of hydrogen-bond acceptors (Lipinski definition) is 5. The summed E-state index contributed by atoms with van der Waals surface area (Å²) in [5.74, 6) is 2.44. The molecule has 0 spiro atoms. The third kappa shape index (κ3) is 4.12. The molecule has 2 rings (SSSR count). The van der Waals surface area contributed by atoms with Crippen LogP contribution >= 0.6 is 23.1 Å². The van der Waals surface area contributed by atoms with Crippen molar-refractivity contribution in [3.63, 3.8) is 0 Å². The van der Waals surface area contributed by atoms with Crippen molar-refractivity contribution in [2.75, 3.05) is 23.0 Å². The van der Waals surface area contributed by atoms with Crippen molar-refractivity contribution in [3.8, 4) is 0 Å². The van der Waals surface area contributed by atoms with Crippen LogP contribution in [0.25, 0.3) is 0 Å². The molecule has 0 saturated carbocycles. The smallest absolute Gasteiger partial charge is 0.186 e. The van der Waals surface area contributed by atoms with Crippen LogP contribution < -0.4 is 10.2 Å². The Hall–Kier alpha value is -0.260. The van der Waals surface area contributed by atoms with Crippen LogP contribution in [0.5, 0.6) is 0 Å². The Labute approximate surface area is 131 Å². The predicted molar refractivity (Wildman–Crippen MR) is 92.2 cm³/mol. The second kappa shape index (κ2) is 6.67. The number of rotatable bonds is 4. The van der Waals surface area contributed by atoms with Gasteiger partial charge in [0.2, 0.25) is 0 Å². The van der Waals surface area contributed by atoms with E-state index in [-0.39, 0.29) is 5.54 Å². The van der Waals surface area contributed by atoms with Gasteiger partial charge in [0.25, 0.3) is 0 Å². The minimum Gasteiger partial charge on any atom is -0.344 e. The van der Waals surface area contributed by atoms with Crippen LogP contribution in [0.15, 0.2) is 0 Å². The normalized spacial score (nSPS) is 20.4. The molecule has 5 heteroatoms. The van der Waals surface area contributed by atoms with Gasteiger partial charge in [0.15, 0.2) is 5.13 Å².